The van der Waals surface area contributed by atoms with Crippen LogP contribution in [0.25, 0.3) is 0 Å². The topological polar surface area (TPSA) is 133 Å². The number of aliphatic carboxylic acids is 2. The summed E-state index contributed by atoms with van der Waals surface area (Å²) in [7, 11) is 0. The molecule has 1 aromatic carbocycles. The fourth-order valence-electron chi connectivity index (χ4n) is 2.44. The van der Waals surface area contributed by atoms with E-state index in [2.05, 4.69) is 10.6 Å². The average Bonchev–Trinajstić information content (AvgIpc) is 2.79. The lowest BCUT2D eigenvalue weighted by Crippen LogP contribution is -2.41. The van der Waals surface area contributed by atoms with E-state index in [4.69, 9.17) is 10.2 Å². The molecule has 23 heavy (non-hydrogen) atoms. The third-order valence-corrected chi connectivity index (χ3v) is 3.58. The smallest absolute Gasteiger partial charge is 0.326 e. The van der Waals surface area contributed by atoms with E-state index in [9.17, 15) is 19.2 Å². The van der Waals surface area contributed by atoms with Gasteiger partial charge in [0.05, 0.1) is 5.92 Å². The van der Waals surface area contributed by atoms with Crippen LogP contribution in [0.1, 0.15) is 30.7 Å². The number of nitrogens with one attached hydrogen (secondary N) is 2. The Morgan fingerprint density at radius 3 is 2.57 bits per heavy atom. The van der Waals surface area contributed by atoms with Crippen LogP contribution in [-0.4, -0.2) is 40.0 Å². The predicted molar refractivity (Wildman–Crippen MR) is 78.9 cm³/mol. The molecule has 1 aliphatic heterocycles. The number of fused-ring (bicyclic) bond motifs is 1. The van der Waals surface area contributed by atoms with Crippen molar-refractivity contribution < 1.29 is 29.4 Å². The van der Waals surface area contributed by atoms with Crippen molar-refractivity contribution in [3.05, 3.63) is 29.8 Å². The van der Waals surface area contributed by atoms with Gasteiger partial charge in [-0.2, -0.15) is 0 Å². The molecule has 1 heterocycles. The Morgan fingerprint density at radius 1 is 1.22 bits per heavy atom. The zero-order chi connectivity index (χ0) is 17.0. The number of rotatable bonds is 7. The molecule has 0 aromatic heterocycles. The van der Waals surface area contributed by atoms with Gasteiger partial charge in [0, 0.05) is 18.5 Å². The van der Waals surface area contributed by atoms with Gasteiger partial charge in [-0.05, 0) is 18.1 Å². The maximum atomic E-state index is 12.0. The first kappa shape index (κ1) is 16.5. The van der Waals surface area contributed by atoms with Gasteiger partial charge in [-0.25, -0.2) is 4.79 Å². The van der Waals surface area contributed by atoms with Gasteiger partial charge in [0.1, 0.15) is 6.04 Å². The minimum Gasteiger partial charge on any atom is -0.481 e. The summed E-state index contributed by atoms with van der Waals surface area (Å²) in [4.78, 5) is 45.5. The summed E-state index contributed by atoms with van der Waals surface area (Å²) in [6.45, 7) is 0. The number of hydrogen-bond acceptors (Lipinski definition) is 4. The summed E-state index contributed by atoms with van der Waals surface area (Å²) in [5, 5.41) is 22.5. The monoisotopic (exact) mass is 320 g/mol. The fourth-order valence-corrected chi connectivity index (χ4v) is 2.44. The molecule has 8 heteroatoms. The lowest BCUT2D eigenvalue weighted by atomic mass is 9.96. The summed E-state index contributed by atoms with van der Waals surface area (Å²) >= 11 is 0. The number of hydrogen-bond donors (Lipinski definition) is 4. The molecule has 2 amide bonds. The van der Waals surface area contributed by atoms with Crippen LogP contribution in [0.4, 0.5) is 5.69 Å². The van der Waals surface area contributed by atoms with E-state index in [1.807, 2.05) is 0 Å². The van der Waals surface area contributed by atoms with Gasteiger partial charge in [-0.15, -0.1) is 0 Å². The largest absolute Gasteiger partial charge is 0.481 e. The number of amides is 2. The third kappa shape index (κ3) is 4.06. The van der Waals surface area contributed by atoms with Gasteiger partial charge < -0.3 is 20.8 Å². The Bertz CT molecular complexity index is 657. The number of carbonyl (C=O) groups is 4. The number of carboxylic acids is 2. The lowest BCUT2D eigenvalue weighted by molar-refractivity contribution is -0.143. The Labute approximate surface area is 131 Å². The van der Waals surface area contributed by atoms with Gasteiger partial charge in [0.15, 0.2) is 0 Å². The Hall–Kier alpha value is -2.90. The first-order valence-electron chi connectivity index (χ1n) is 7.02. The SMILES string of the molecule is O=C(O)CCC(NC(=O)CC1C(=O)Nc2ccccc21)C(=O)O. The molecule has 2 unspecified atom stereocenters. The zero-order valence-corrected chi connectivity index (χ0v) is 12.1. The van der Waals surface area contributed by atoms with E-state index < -0.39 is 29.8 Å². The van der Waals surface area contributed by atoms with Crippen molar-refractivity contribution in [1.29, 1.82) is 0 Å². The molecule has 0 radical (unpaired) electrons. The van der Waals surface area contributed by atoms with E-state index in [1.54, 1.807) is 24.3 Å². The normalized spacial score (nSPS) is 17.0. The first-order valence-corrected chi connectivity index (χ1v) is 7.02. The van der Waals surface area contributed by atoms with E-state index >= 15 is 0 Å². The Kier molecular flexibility index (Phi) is 4.95. The first-order chi connectivity index (χ1) is 10.9. The van der Waals surface area contributed by atoms with Crippen molar-refractivity contribution in [1.82, 2.24) is 5.32 Å². The number of carboxylic acid groups (broad SMARTS) is 2. The molecular formula is C15H16N2O6. The molecule has 2 atom stereocenters. The molecule has 122 valence electrons. The van der Waals surface area contributed by atoms with Gasteiger partial charge >= 0.3 is 11.9 Å². The van der Waals surface area contributed by atoms with Gasteiger partial charge in [0.25, 0.3) is 0 Å². The van der Waals surface area contributed by atoms with E-state index in [-0.39, 0.29) is 25.2 Å². The molecule has 0 bridgehead atoms. The minimum atomic E-state index is -1.31. The second kappa shape index (κ2) is 6.91. The molecule has 8 nitrogen and oxygen atoms in total. The van der Waals surface area contributed by atoms with Crippen LogP contribution in [0.2, 0.25) is 0 Å². The highest BCUT2D eigenvalue weighted by Crippen LogP contribution is 2.34. The summed E-state index contributed by atoms with van der Waals surface area (Å²) in [5.74, 6) is -4.07. The zero-order valence-electron chi connectivity index (χ0n) is 12.1. The van der Waals surface area contributed by atoms with Gasteiger partial charge in [-0.1, -0.05) is 18.2 Å². The Balaban J connectivity index is 1.99. The third-order valence-electron chi connectivity index (χ3n) is 3.58. The predicted octanol–water partition coefficient (Wildman–Crippen LogP) is 0.547. The van der Waals surface area contributed by atoms with Crippen LogP contribution in [0, 0.1) is 0 Å². The van der Waals surface area contributed by atoms with E-state index in [0.29, 0.717) is 11.3 Å². The molecule has 2 rings (SSSR count). The summed E-state index contributed by atoms with van der Waals surface area (Å²) < 4.78 is 0. The van der Waals surface area contributed by atoms with Crippen molar-refractivity contribution in [3.8, 4) is 0 Å². The van der Waals surface area contributed by atoms with Crippen LogP contribution < -0.4 is 10.6 Å². The van der Waals surface area contributed by atoms with Crippen LogP contribution in [0.15, 0.2) is 24.3 Å². The maximum Gasteiger partial charge on any atom is 0.326 e. The summed E-state index contributed by atoms with van der Waals surface area (Å²) in [6, 6.07) is 5.66. The summed E-state index contributed by atoms with van der Waals surface area (Å²) in [6.07, 6.45) is -0.784. The van der Waals surface area contributed by atoms with E-state index in [0.717, 1.165) is 0 Å². The van der Waals surface area contributed by atoms with Crippen molar-refractivity contribution in [2.45, 2.75) is 31.2 Å². The molecule has 1 aromatic rings. The van der Waals surface area contributed by atoms with Crippen molar-refractivity contribution in [3.63, 3.8) is 0 Å². The van der Waals surface area contributed by atoms with Gasteiger partial charge in [0.2, 0.25) is 11.8 Å². The number of carbonyl (C=O) groups excluding carboxylic acids is 2. The highest BCUT2D eigenvalue weighted by Gasteiger charge is 2.33. The standard InChI is InChI=1S/C15H16N2O6/c18-12(16-11(15(22)23)5-6-13(19)20)7-9-8-3-1-2-4-10(8)17-14(9)21/h1-4,9,11H,5-7H2,(H,16,18)(H,17,21)(H,19,20)(H,22,23). The Morgan fingerprint density at radius 2 is 1.91 bits per heavy atom. The van der Waals surface area contributed by atoms with Crippen LogP contribution in [-0.2, 0) is 19.2 Å². The molecule has 0 spiro atoms. The average molecular weight is 320 g/mol. The second-order valence-electron chi connectivity index (χ2n) is 5.22. The maximum absolute atomic E-state index is 12.0. The van der Waals surface area contributed by atoms with Crippen LogP contribution >= 0.6 is 0 Å². The van der Waals surface area contributed by atoms with Crippen molar-refractivity contribution in [2.75, 3.05) is 5.32 Å². The number of benzene rings is 1. The molecule has 4 N–H and O–H groups in total. The highest BCUT2D eigenvalue weighted by molar-refractivity contribution is 6.05. The lowest BCUT2D eigenvalue weighted by Gasteiger charge is -2.15. The number of para-hydroxylation sites is 1. The van der Waals surface area contributed by atoms with Crippen molar-refractivity contribution in [2.24, 2.45) is 0 Å². The number of anilines is 1. The molecule has 0 aliphatic carbocycles. The molecule has 0 fully saturated rings. The second-order valence-corrected chi connectivity index (χ2v) is 5.22. The van der Waals surface area contributed by atoms with Crippen LogP contribution in [0.5, 0.6) is 0 Å². The van der Waals surface area contributed by atoms with Gasteiger partial charge in [-0.3, -0.25) is 14.4 Å². The fraction of sp³-hybridized carbons (Fsp3) is 0.333. The molecule has 0 saturated carbocycles. The van der Waals surface area contributed by atoms with Crippen molar-refractivity contribution >= 4 is 29.4 Å². The highest BCUT2D eigenvalue weighted by atomic mass is 16.4. The van der Waals surface area contributed by atoms with E-state index in [1.165, 1.54) is 0 Å². The molecule has 0 saturated heterocycles. The minimum absolute atomic E-state index is 0.195. The summed E-state index contributed by atoms with van der Waals surface area (Å²) in [5.41, 5.74) is 1.32. The quantitative estimate of drug-likeness (QED) is 0.580. The molecule has 1 aliphatic rings. The molecular weight excluding hydrogens is 304 g/mol. The van der Waals surface area contributed by atoms with Crippen LogP contribution in [0.3, 0.4) is 0 Å².